The largest absolute Gasteiger partial charge is 0.497 e. The number of aryl methyl sites for hydroxylation is 2. The Bertz CT molecular complexity index is 1140. The van der Waals surface area contributed by atoms with E-state index in [0.717, 1.165) is 15.8 Å². The number of anilines is 1. The van der Waals surface area contributed by atoms with Crippen LogP contribution in [-0.4, -0.2) is 49.0 Å². The number of benzene rings is 2. The topological polar surface area (TPSA) is 80.8 Å². The van der Waals surface area contributed by atoms with Crippen molar-refractivity contribution in [1.29, 1.82) is 0 Å². The van der Waals surface area contributed by atoms with Crippen molar-refractivity contribution in [2.24, 2.45) is 5.92 Å². The van der Waals surface area contributed by atoms with Gasteiger partial charge in [-0.2, -0.15) is 0 Å². The van der Waals surface area contributed by atoms with Crippen LogP contribution in [0.3, 0.4) is 0 Å². The lowest BCUT2D eigenvalue weighted by atomic mass is 9.95. The number of nitrogens with one attached hydrogen (secondary N) is 1. The average Bonchev–Trinajstić information content (AvgIpc) is 3.20. The third-order valence-corrected chi connectivity index (χ3v) is 6.73. The van der Waals surface area contributed by atoms with Crippen molar-refractivity contribution in [3.05, 3.63) is 47.0 Å². The summed E-state index contributed by atoms with van der Waals surface area (Å²) in [4.78, 5) is 32.2. The first-order valence-corrected chi connectivity index (χ1v) is 11.4. The number of carbonyl (C=O) groups excluding carboxylic acids is 2. The molecule has 1 aromatic heterocycles. The molecule has 1 aliphatic rings. The lowest BCUT2D eigenvalue weighted by Crippen LogP contribution is -2.41. The van der Waals surface area contributed by atoms with E-state index in [9.17, 15) is 9.59 Å². The van der Waals surface area contributed by atoms with Gasteiger partial charge in [0.05, 0.1) is 24.4 Å². The highest BCUT2D eigenvalue weighted by atomic mass is 32.1. The van der Waals surface area contributed by atoms with Crippen molar-refractivity contribution in [3.63, 3.8) is 0 Å². The normalized spacial score (nSPS) is 14.4. The van der Waals surface area contributed by atoms with Crippen LogP contribution in [0.1, 0.15) is 34.3 Å². The Labute approximate surface area is 191 Å². The van der Waals surface area contributed by atoms with Crippen LogP contribution < -0.4 is 14.8 Å². The van der Waals surface area contributed by atoms with Gasteiger partial charge in [0.2, 0.25) is 5.91 Å². The molecule has 1 aliphatic heterocycles. The van der Waals surface area contributed by atoms with Crippen molar-refractivity contribution in [1.82, 2.24) is 9.88 Å². The van der Waals surface area contributed by atoms with Gasteiger partial charge < -0.3 is 19.7 Å². The SMILES string of the molecule is COc1cc(OC)cc(C(=O)N2CCC(C(=O)Nc3nc4c(C)cc(C)cc4s3)CC2)c1. The summed E-state index contributed by atoms with van der Waals surface area (Å²) in [5, 5.41) is 3.61. The summed E-state index contributed by atoms with van der Waals surface area (Å²) in [5.74, 6) is 0.881. The van der Waals surface area contributed by atoms with E-state index in [4.69, 9.17) is 9.47 Å². The van der Waals surface area contributed by atoms with Gasteiger partial charge in [0, 0.05) is 30.6 Å². The Morgan fingerprint density at radius 2 is 1.69 bits per heavy atom. The van der Waals surface area contributed by atoms with E-state index in [1.54, 1.807) is 37.3 Å². The fourth-order valence-electron chi connectivity index (χ4n) is 4.09. The zero-order chi connectivity index (χ0) is 22.8. The number of amides is 2. The molecule has 1 N–H and O–H groups in total. The second-order valence-electron chi connectivity index (χ2n) is 8.10. The minimum absolute atomic E-state index is 0.0337. The van der Waals surface area contributed by atoms with Gasteiger partial charge in [-0.05, 0) is 56.0 Å². The van der Waals surface area contributed by atoms with Gasteiger partial charge >= 0.3 is 0 Å². The molecule has 0 atom stereocenters. The molecule has 0 unspecified atom stereocenters. The summed E-state index contributed by atoms with van der Waals surface area (Å²) in [5.41, 5.74) is 3.74. The number of hydrogen-bond donors (Lipinski definition) is 1. The van der Waals surface area contributed by atoms with Crippen LogP contribution in [0.15, 0.2) is 30.3 Å². The van der Waals surface area contributed by atoms with Crippen molar-refractivity contribution in [2.75, 3.05) is 32.6 Å². The van der Waals surface area contributed by atoms with Crippen LogP contribution in [-0.2, 0) is 4.79 Å². The highest BCUT2D eigenvalue weighted by Crippen LogP contribution is 2.30. The molecular formula is C24H27N3O4S. The van der Waals surface area contributed by atoms with Gasteiger partial charge in [-0.15, -0.1) is 0 Å². The molecule has 0 bridgehead atoms. The number of thiazole rings is 1. The Morgan fingerprint density at radius 3 is 2.31 bits per heavy atom. The molecule has 32 heavy (non-hydrogen) atoms. The molecule has 0 spiro atoms. The quantitative estimate of drug-likeness (QED) is 0.619. The third-order valence-electron chi connectivity index (χ3n) is 5.81. The fourth-order valence-corrected chi connectivity index (χ4v) is 5.13. The number of ether oxygens (including phenoxy) is 2. The molecule has 1 saturated heterocycles. The average molecular weight is 454 g/mol. The number of piperidine rings is 1. The van der Waals surface area contributed by atoms with Crippen molar-refractivity contribution >= 4 is 38.5 Å². The molecule has 0 radical (unpaired) electrons. The van der Waals surface area contributed by atoms with Crippen LogP contribution >= 0.6 is 11.3 Å². The standard InChI is InChI=1S/C24H27N3O4S/c1-14-9-15(2)21-20(10-14)32-24(25-21)26-22(28)16-5-7-27(8-6-16)23(29)17-11-18(30-3)13-19(12-17)31-4/h9-13,16H,5-8H2,1-4H3,(H,25,26,28). The summed E-state index contributed by atoms with van der Waals surface area (Å²) in [6, 6.07) is 9.34. The van der Waals surface area contributed by atoms with Crippen LogP contribution in [0.25, 0.3) is 10.2 Å². The summed E-state index contributed by atoms with van der Waals surface area (Å²) in [6.45, 7) is 5.13. The van der Waals surface area contributed by atoms with Gasteiger partial charge in [0.1, 0.15) is 11.5 Å². The van der Waals surface area contributed by atoms with E-state index in [-0.39, 0.29) is 17.7 Å². The molecule has 8 heteroatoms. The van der Waals surface area contributed by atoms with E-state index in [1.807, 2.05) is 6.92 Å². The van der Waals surface area contributed by atoms with Crippen LogP contribution in [0.4, 0.5) is 5.13 Å². The molecule has 4 rings (SSSR count). The maximum Gasteiger partial charge on any atom is 0.254 e. The Morgan fingerprint density at radius 1 is 1.03 bits per heavy atom. The minimum atomic E-state index is -0.145. The fraction of sp³-hybridized carbons (Fsp3) is 0.375. The van der Waals surface area contributed by atoms with E-state index in [0.29, 0.717) is 48.1 Å². The molecule has 2 heterocycles. The molecule has 7 nitrogen and oxygen atoms in total. The lowest BCUT2D eigenvalue weighted by molar-refractivity contribution is -0.121. The van der Waals surface area contributed by atoms with Crippen LogP contribution in [0, 0.1) is 19.8 Å². The Hall–Kier alpha value is -3.13. The third kappa shape index (κ3) is 4.55. The number of fused-ring (bicyclic) bond motifs is 1. The number of hydrogen-bond acceptors (Lipinski definition) is 6. The zero-order valence-corrected chi connectivity index (χ0v) is 19.5. The van der Waals surface area contributed by atoms with Gasteiger partial charge in [0.25, 0.3) is 5.91 Å². The second-order valence-corrected chi connectivity index (χ2v) is 9.14. The summed E-state index contributed by atoms with van der Waals surface area (Å²) < 4.78 is 11.6. The summed E-state index contributed by atoms with van der Waals surface area (Å²) >= 11 is 1.50. The first-order valence-electron chi connectivity index (χ1n) is 10.6. The molecule has 168 valence electrons. The molecule has 3 aromatic rings. The lowest BCUT2D eigenvalue weighted by Gasteiger charge is -2.31. The molecule has 0 aliphatic carbocycles. The number of methoxy groups -OCH3 is 2. The van der Waals surface area contributed by atoms with Crippen LogP contribution in [0.2, 0.25) is 0 Å². The summed E-state index contributed by atoms with van der Waals surface area (Å²) in [6.07, 6.45) is 1.23. The maximum atomic E-state index is 13.0. The molecule has 0 saturated carbocycles. The Kier molecular flexibility index (Phi) is 6.32. The number of carbonyl (C=O) groups is 2. The predicted octanol–water partition coefficient (Wildman–Crippen LogP) is 4.42. The van der Waals surface area contributed by atoms with E-state index < -0.39 is 0 Å². The smallest absolute Gasteiger partial charge is 0.254 e. The first kappa shape index (κ1) is 22.1. The van der Waals surface area contributed by atoms with E-state index in [1.165, 1.54) is 16.9 Å². The van der Waals surface area contributed by atoms with E-state index in [2.05, 4.69) is 29.4 Å². The predicted molar refractivity (Wildman–Crippen MR) is 126 cm³/mol. The minimum Gasteiger partial charge on any atom is -0.497 e. The van der Waals surface area contributed by atoms with Gasteiger partial charge in [-0.3, -0.25) is 9.59 Å². The van der Waals surface area contributed by atoms with Gasteiger partial charge in [0.15, 0.2) is 5.13 Å². The molecule has 1 fully saturated rings. The highest BCUT2D eigenvalue weighted by Gasteiger charge is 2.29. The first-order chi connectivity index (χ1) is 15.4. The number of likely N-dealkylation sites (tertiary alicyclic amines) is 1. The van der Waals surface area contributed by atoms with Gasteiger partial charge in [-0.1, -0.05) is 17.4 Å². The highest BCUT2D eigenvalue weighted by molar-refractivity contribution is 7.22. The number of nitrogens with zero attached hydrogens (tertiary/aromatic N) is 2. The van der Waals surface area contributed by atoms with E-state index >= 15 is 0 Å². The summed E-state index contributed by atoms with van der Waals surface area (Å²) in [7, 11) is 3.11. The van der Waals surface area contributed by atoms with Crippen LogP contribution in [0.5, 0.6) is 11.5 Å². The van der Waals surface area contributed by atoms with Crippen molar-refractivity contribution in [3.8, 4) is 11.5 Å². The molecular weight excluding hydrogens is 426 g/mol. The van der Waals surface area contributed by atoms with Crippen molar-refractivity contribution in [2.45, 2.75) is 26.7 Å². The van der Waals surface area contributed by atoms with Crippen molar-refractivity contribution < 1.29 is 19.1 Å². The second kappa shape index (κ2) is 9.16. The Balaban J connectivity index is 1.39. The number of aromatic nitrogens is 1. The monoisotopic (exact) mass is 453 g/mol. The number of rotatable bonds is 5. The van der Waals surface area contributed by atoms with Gasteiger partial charge in [-0.25, -0.2) is 4.98 Å². The molecule has 2 amide bonds. The maximum absolute atomic E-state index is 13.0. The zero-order valence-electron chi connectivity index (χ0n) is 18.7. The molecule has 2 aromatic carbocycles.